The zero-order chi connectivity index (χ0) is 21.4. The fourth-order valence-electron chi connectivity index (χ4n) is 4.04. The van der Waals surface area contributed by atoms with Gasteiger partial charge in [0.05, 0.1) is 23.4 Å². The average molecular weight is 402 g/mol. The van der Waals surface area contributed by atoms with Crippen LogP contribution in [0.2, 0.25) is 0 Å². The first kappa shape index (κ1) is 19.6. The van der Waals surface area contributed by atoms with Crippen LogP contribution >= 0.6 is 0 Å². The predicted molar refractivity (Wildman–Crippen MR) is 111 cm³/mol. The van der Waals surface area contributed by atoms with Gasteiger partial charge >= 0.3 is 6.03 Å². The molecule has 0 aliphatic carbocycles. The number of urea groups is 1. The summed E-state index contributed by atoms with van der Waals surface area (Å²) in [6.07, 6.45) is 0.518. The molecule has 0 saturated carbocycles. The second-order valence-corrected chi connectivity index (χ2v) is 7.90. The lowest BCUT2D eigenvalue weighted by molar-refractivity contribution is -0.122. The van der Waals surface area contributed by atoms with Crippen LogP contribution in [0.1, 0.15) is 47.7 Å². The molecule has 7 nitrogen and oxygen atoms in total. The Kier molecular flexibility index (Phi) is 5.00. The van der Waals surface area contributed by atoms with Crippen LogP contribution < -0.4 is 10.2 Å². The number of hydrogen-bond acceptors (Lipinski definition) is 4. The standard InChI is InChI=1S/C23H22N4O3/c1-14(2)16-7-9-18(10-8-16)27-22(29)20-19(25-23(27)30)11-12-26(20)21(28)17-5-3-15(13-24)4-6-17/h3-10,14,19-20H,11-12H2,1-2H3,(H,25,30)/t19-,20-/m1/s1. The highest BCUT2D eigenvalue weighted by molar-refractivity contribution is 6.19. The molecule has 2 fully saturated rings. The fraction of sp³-hybridized carbons (Fsp3) is 0.304. The summed E-state index contributed by atoms with van der Waals surface area (Å²) in [5, 5.41) is 11.8. The van der Waals surface area contributed by atoms with Crippen LogP contribution in [0.25, 0.3) is 0 Å². The van der Waals surface area contributed by atoms with Crippen molar-refractivity contribution in [3.05, 3.63) is 65.2 Å². The molecule has 2 aliphatic rings. The number of fused-ring (bicyclic) bond motifs is 1. The number of hydrogen-bond donors (Lipinski definition) is 1. The third-order valence-electron chi connectivity index (χ3n) is 5.72. The van der Waals surface area contributed by atoms with Crippen molar-refractivity contribution in [2.24, 2.45) is 0 Å². The summed E-state index contributed by atoms with van der Waals surface area (Å²) in [7, 11) is 0. The molecule has 2 saturated heterocycles. The van der Waals surface area contributed by atoms with E-state index in [0.29, 0.717) is 35.7 Å². The highest BCUT2D eigenvalue weighted by atomic mass is 16.2. The molecule has 1 N–H and O–H groups in total. The van der Waals surface area contributed by atoms with Gasteiger partial charge in [-0.15, -0.1) is 0 Å². The van der Waals surface area contributed by atoms with Gasteiger partial charge in [0.25, 0.3) is 11.8 Å². The predicted octanol–water partition coefficient (Wildman–Crippen LogP) is 3.02. The summed E-state index contributed by atoms with van der Waals surface area (Å²) >= 11 is 0. The number of nitrogens with zero attached hydrogens (tertiary/aromatic N) is 3. The number of carbonyl (C=O) groups excluding carboxylic acids is 3. The van der Waals surface area contributed by atoms with Gasteiger partial charge in [-0.1, -0.05) is 26.0 Å². The molecule has 4 amide bonds. The van der Waals surface area contributed by atoms with E-state index in [1.54, 1.807) is 36.4 Å². The maximum absolute atomic E-state index is 13.3. The Morgan fingerprint density at radius 3 is 2.37 bits per heavy atom. The summed E-state index contributed by atoms with van der Waals surface area (Å²) < 4.78 is 0. The molecule has 152 valence electrons. The van der Waals surface area contributed by atoms with Crippen LogP contribution in [0, 0.1) is 11.3 Å². The van der Waals surface area contributed by atoms with Crippen molar-refractivity contribution in [1.82, 2.24) is 10.2 Å². The first-order chi connectivity index (χ1) is 14.4. The molecule has 0 spiro atoms. The second kappa shape index (κ2) is 7.64. The number of nitriles is 1. The van der Waals surface area contributed by atoms with Crippen LogP contribution in [0.4, 0.5) is 10.5 Å². The highest BCUT2D eigenvalue weighted by Gasteiger charge is 2.50. The monoisotopic (exact) mass is 402 g/mol. The molecular weight excluding hydrogens is 380 g/mol. The van der Waals surface area contributed by atoms with E-state index in [9.17, 15) is 14.4 Å². The molecule has 0 radical (unpaired) electrons. The van der Waals surface area contributed by atoms with Crippen molar-refractivity contribution in [2.45, 2.75) is 38.3 Å². The number of likely N-dealkylation sites (tertiary alicyclic amines) is 1. The number of imide groups is 1. The molecule has 30 heavy (non-hydrogen) atoms. The Hall–Kier alpha value is -3.66. The molecule has 0 bridgehead atoms. The summed E-state index contributed by atoms with van der Waals surface area (Å²) in [5.41, 5.74) is 2.47. The lowest BCUT2D eigenvalue weighted by atomic mass is 10.0. The molecule has 0 aromatic heterocycles. The van der Waals surface area contributed by atoms with Crippen LogP contribution in [0.15, 0.2) is 48.5 Å². The first-order valence-electron chi connectivity index (χ1n) is 9.96. The van der Waals surface area contributed by atoms with Crippen molar-refractivity contribution < 1.29 is 14.4 Å². The average Bonchev–Trinajstić information content (AvgIpc) is 3.17. The number of nitrogens with one attached hydrogen (secondary N) is 1. The van der Waals surface area contributed by atoms with Crippen molar-refractivity contribution in [3.63, 3.8) is 0 Å². The van der Waals surface area contributed by atoms with Gasteiger partial charge in [0.2, 0.25) is 0 Å². The summed E-state index contributed by atoms with van der Waals surface area (Å²) in [6, 6.07) is 14.0. The minimum atomic E-state index is -0.754. The Morgan fingerprint density at radius 2 is 1.77 bits per heavy atom. The molecule has 2 aliphatic heterocycles. The van der Waals surface area contributed by atoms with Gasteiger partial charge in [-0.2, -0.15) is 5.26 Å². The molecule has 2 atom stereocenters. The van der Waals surface area contributed by atoms with Crippen LogP contribution in [-0.2, 0) is 4.79 Å². The highest BCUT2D eigenvalue weighted by Crippen LogP contribution is 2.29. The molecule has 2 aromatic carbocycles. The SMILES string of the molecule is CC(C)c1ccc(N2C(=O)N[C@@H]3CCN(C(=O)c4ccc(C#N)cc4)[C@H]3C2=O)cc1. The van der Waals surface area contributed by atoms with E-state index in [1.165, 1.54) is 4.90 Å². The van der Waals surface area contributed by atoms with Crippen molar-refractivity contribution in [2.75, 3.05) is 11.4 Å². The lowest BCUT2D eigenvalue weighted by Gasteiger charge is -2.37. The van der Waals surface area contributed by atoms with Crippen LogP contribution in [0.3, 0.4) is 0 Å². The van der Waals surface area contributed by atoms with Gasteiger partial charge in [0.15, 0.2) is 0 Å². The zero-order valence-electron chi connectivity index (χ0n) is 16.8. The minimum absolute atomic E-state index is 0.286. The number of amides is 4. The van der Waals surface area contributed by atoms with E-state index in [1.807, 2.05) is 18.2 Å². The van der Waals surface area contributed by atoms with Gasteiger partial charge in [-0.25, -0.2) is 9.69 Å². The molecule has 0 unspecified atom stereocenters. The van der Waals surface area contributed by atoms with E-state index in [0.717, 1.165) is 10.5 Å². The normalized spacial score (nSPS) is 20.7. The maximum Gasteiger partial charge on any atom is 0.329 e. The first-order valence-corrected chi connectivity index (χ1v) is 9.96. The maximum atomic E-state index is 13.3. The summed E-state index contributed by atoms with van der Waals surface area (Å²) in [4.78, 5) is 41.6. The van der Waals surface area contributed by atoms with Gasteiger partial charge < -0.3 is 10.2 Å². The van der Waals surface area contributed by atoms with E-state index >= 15 is 0 Å². The summed E-state index contributed by atoms with van der Waals surface area (Å²) in [5.74, 6) is -0.350. The topological polar surface area (TPSA) is 93.5 Å². The van der Waals surface area contributed by atoms with Gasteiger partial charge in [-0.3, -0.25) is 9.59 Å². The largest absolute Gasteiger partial charge is 0.332 e. The molecule has 2 aromatic rings. The van der Waals surface area contributed by atoms with Crippen molar-refractivity contribution in [3.8, 4) is 6.07 Å². The number of carbonyl (C=O) groups is 3. The molecule has 4 rings (SSSR count). The summed E-state index contributed by atoms with van der Waals surface area (Å²) in [6.45, 7) is 4.52. The zero-order valence-corrected chi connectivity index (χ0v) is 16.8. The van der Waals surface area contributed by atoms with E-state index in [4.69, 9.17) is 5.26 Å². The Morgan fingerprint density at radius 1 is 1.10 bits per heavy atom. The second-order valence-electron chi connectivity index (χ2n) is 7.90. The Labute approximate surface area is 174 Å². The quantitative estimate of drug-likeness (QED) is 0.854. The van der Waals surface area contributed by atoms with Crippen molar-refractivity contribution in [1.29, 1.82) is 5.26 Å². The number of anilines is 1. The van der Waals surface area contributed by atoms with E-state index in [-0.39, 0.29) is 5.91 Å². The third-order valence-corrected chi connectivity index (χ3v) is 5.72. The van der Waals surface area contributed by atoms with Gasteiger partial charge in [-0.05, 0) is 54.3 Å². The van der Waals surface area contributed by atoms with Gasteiger partial charge in [0, 0.05) is 12.1 Å². The van der Waals surface area contributed by atoms with Gasteiger partial charge in [0.1, 0.15) is 6.04 Å². The van der Waals surface area contributed by atoms with Crippen LogP contribution in [-0.4, -0.2) is 41.4 Å². The molecular formula is C23H22N4O3. The Bertz CT molecular complexity index is 1040. The number of rotatable bonds is 3. The van der Waals surface area contributed by atoms with Crippen LogP contribution in [0.5, 0.6) is 0 Å². The van der Waals surface area contributed by atoms with E-state index < -0.39 is 24.0 Å². The fourth-order valence-corrected chi connectivity index (χ4v) is 4.04. The Balaban J connectivity index is 1.61. The minimum Gasteiger partial charge on any atom is -0.332 e. The third kappa shape index (κ3) is 3.30. The lowest BCUT2D eigenvalue weighted by Crippen LogP contribution is -2.65. The number of benzene rings is 2. The smallest absolute Gasteiger partial charge is 0.329 e. The molecule has 2 heterocycles. The van der Waals surface area contributed by atoms with E-state index in [2.05, 4.69) is 19.2 Å². The van der Waals surface area contributed by atoms with Crippen molar-refractivity contribution >= 4 is 23.5 Å². The molecule has 7 heteroatoms.